The molecule has 6 nitrogen and oxygen atoms in total. The smallest absolute Gasteiger partial charge is 0.303 e. The Balaban J connectivity index is 1.82. The van der Waals surface area contributed by atoms with Crippen molar-refractivity contribution in [3.05, 3.63) is 36.3 Å². The number of carbonyl (C=O) groups excluding carboxylic acids is 1. The van der Waals surface area contributed by atoms with Crippen molar-refractivity contribution in [2.24, 2.45) is 0 Å². The first kappa shape index (κ1) is 15.0. The lowest BCUT2D eigenvalue weighted by Gasteiger charge is -2.12. The molecule has 0 bridgehead atoms. The Bertz CT molecular complexity index is 603. The minimum Gasteiger partial charge on any atom is -0.481 e. The van der Waals surface area contributed by atoms with Crippen LogP contribution in [0.3, 0.4) is 0 Å². The SMILES string of the molecule is CC(CCCC(=O)O)NC(=O)Cc1cn2ccccc2n1. The fourth-order valence-electron chi connectivity index (χ4n) is 2.19. The lowest BCUT2D eigenvalue weighted by atomic mass is 10.1. The summed E-state index contributed by atoms with van der Waals surface area (Å²) >= 11 is 0. The highest BCUT2D eigenvalue weighted by atomic mass is 16.4. The van der Waals surface area contributed by atoms with Crippen LogP contribution in [0.4, 0.5) is 0 Å². The number of nitrogens with zero attached hydrogens (tertiary/aromatic N) is 2. The van der Waals surface area contributed by atoms with Crippen molar-refractivity contribution in [3.63, 3.8) is 0 Å². The van der Waals surface area contributed by atoms with E-state index in [0.29, 0.717) is 12.8 Å². The van der Waals surface area contributed by atoms with Crippen molar-refractivity contribution in [2.45, 2.75) is 38.6 Å². The number of pyridine rings is 1. The number of carboxylic acid groups (broad SMARTS) is 1. The lowest BCUT2D eigenvalue weighted by Crippen LogP contribution is -2.33. The van der Waals surface area contributed by atoms with Gasteiger partial charge < -0.3 is 14.8 Å². The van der Waals surface area contributed by atoms with Crippen LogP contribution < -0.4 is 5.32 Å². The molecule has 2 N–H and O–H groups in total. The van der Waals surface area contributed by atoms with E-state index in [-0.39, 0.29) is 24.8 Å². The lowest BCUT2D eigenvalue weighted by molar-refractivity contribution is -0.137. The van der Waals surface area contributed by atoms with Crippen LogP contribution in [-0.4, -0.2) is 32.4 Å². The molecular formula is C15H19N3O3. The molecule has 0 aliphatic carbocycles. The highest BCUT2D eigenvalue weighted by molar-refractivity contribution is 5.78. The van der Waals surface area contributed by atoms with Gasteiger partial charge >= 0.3 is 5.97 Å². The average Bonchev–Trinajstić information content (AvgIpc) is 2.79. The quantitative estimate of drug-likeness (QED) is 0.811. The Morgan fingerprint density at radius 2 is 2.24 bits per heavy atom. The Morgan fingerprint density at radius 1 is 1.43 bits per heavy atom. The molecule has 1 unspecified atom stereocenters. The molecule has 0 aromatic carbocycles. The van der Waals surface area contributed by atoms with E-state index in [4.69, 9.17) is 5.11 Å². The van der Waals surface area contributed by atoms with Crippen LogP contribution in [0, 0.1) is 0 Å². The first-order valence-corrected chi connectivity index (χ1v) is 6.98. The Kier molecular flexibility index (Phi) is 4.92. The van der Waals surface area contributed by atoms with Gasteiger partial charge in [-0.15, -0.1) is 0 Å². The normalized spacial score (nSPS) is 12.2. The van der Waals surface area contributed by atoms with Gasteiger partial charge in [0.25, 0.3) is 0 Å². The van der Waals surface area contributed by atoms with Gasteiger partial charge in [0.15, 0.2) is 0 Å². The summed E-state index contributed by atoms with van der Waals surface area (Å²) < 4.78 is 1.87. The first-order valence-electron chi connectivity index (χ1n) is 6.98. The Morgan fingerprint density at radius 3 is 2.95 bits per heavy atom. The van der Waals surface area contributed by atoms with E-state index in [9.17, 15) is 9.59 Å². The number of hydrogen-bond acceptors (Lipinski definition) is 3. The monoisotopic (exact) mass is 289 g/mol. The predicted molar refractivity (Wildman–Crippen MR) is 78.0 cm³/mol. The largest absolute Gasteiger partial charge is 0.481 e. The van der Waals surface area contributed by atoms with Crippen molar-refractivity contribution in [1.82, 2.24) is 14.7 Å². The van der Waals surface area contributed by atoms with Crippen LogP contribution in [0.1, 0.15) is 31.9 Å². The van der Waals surface area contributed by atoms with Crippen molar-refractivity contribution in [3.8, 4) is 0 Å². The number of imidazole rings is 1. The molecule has 0 spiro atoms. The van der Waals surface area contributed by atoms with E-state index in [1.165, 1.54) is 0 Å². The third-order valence-corrected chi connectivity index (χ3v) is 3.19. The topological polar surface area (TPSA) is 83.7 Å². The van der Waals surface area contributed by atoms with E-state index >= 15 is 0 Å². The summed E-state index contributed by atoms with van der Waals surface area (Å²) in [4.78, 5) is 26.7. The minimum absolute atomic E-state index is 0.0334. The summed E-state index contributed by atoms with van der Waals surface area (Å²) in [6.07, 6.45) is 5.30. The number of carboxylic acids is 1. The highest BCUT2D eigenvalue weighted by Crippen LogP contribution is 2.06. The third kappa shape index (κ3) is 4.59. The van der Waals surface area contributed by atoms with Crippen LogP contribution in [-0.2, 0) is 16.0 Å². The molecule has 0 aliphatic rings. The molecule has 2 aromatic heterocycles. The van der Waals surface area contributed by atoms with Crippen molar-refractivity contribution in [1.29, 1.82) is 0 Å². The average molecular weight is 289 g/mol. The number of aromatic nitrogens is 2. The second kappa shape index (κ2) is 6.88. The maximum atomic E-state index is 11.9. The molecule has 1 amide bonds. The summed E-state index contributed by atoms with van der Waals surface area (Å²) in [5, 5.41) is 11.4. The van der Waals surface area contributed by atoms with Crippen molar-refractivity contribution < 1.29 is 14.7 Å². The number of amides is 1. The molecule has 1 atom stereocenters. The minimum atomic E-state index is -0.807. The summed E-state index contributed by atoms with van der Waals surface area (Å²) in [5.74, 6) is -0.903. The molecular weight excluding hydrogens is 270 g/mol. The predicted octanol–water partition coefficient (Wildman–Crippen LogP) is 1.64. The molecule has 112 valence electrons. The van der Waals surface area contributed by atoms with Crippen molar-refractivity contribution in [2.75, 3.05) is 0 Å². The van der Waals surface area contributed by atoms with Crippen LogP contribution >= 0.6 is 0 Å². The summed E-state index contributed by atoms with van der Waals surface area (Å²) in [6.45, 7) is 1.88. The van der Waals surface area contributed by atoms with Gasteiger partial charge in [-0.2, -0.15) is 0 Å². The first-order chi connectivity index (χ1) is 10.0. The Labute approximate surface area is 122 Å². The zero-order valence-corrected chi connectivity index (χ0v) is 12.0. The molecule has 0 aliphatic heterocycles. The fourth-order valence-corrected chi connectivity index (χ4v) is 2.19. The van der Waals surface area contributed by atoms with E-state index in [1.54, 1.807) is 0 Å². The van der Waals surface area contributed by atoms with Gasteiger partial charge in [0.05, 0.1) is 12.1 Å². The van der Waals surface area contributed by atoms with E-state index in [0.717, 1.165) is 11.3 Å². The zero-order valence-electron chi connectivity index (χ0n) is 12.0. The van der Waals surface area contributed by atoms with Gasteiger partial charge in [0, 0.05) is 24.9 Å². The van der Waals surface area contributed by atoms with Crippen LogP contribution in [0.15, 0.2) is 30.6 Å². The molecule has 0 saturated heterocycles. The van der Waals surface area contributed by atoms with Crippen LogP contribution in [0.25, 0.3) is 5.65 Å². The Hall–Kier alpha value is -2.37. The number of rotatable bonds is 7. The second-order valence-electron chi connectivity index (χ2n) is 5.13. The van der Waals surface area contributed by atoms with E-state index < -0.39 is 5.97 Å². The van der Waals surface area contributed by atoms with Gasteiger partial charge in [0.1, 0.15) is 5.65 Å². The molecule has 21 heavy (non-hydrogen) atoms. The van der Waals surface area contributed by atoms with E-state index in [2.05, 4.69) is 10.3 Å². The second-order valence-corrected chi connectivity index (χ2v) is 5.13. The molecule has 2 aromatic rings. The fraction of sp³-hybridized carbons (Fsp3) is 0.400. The van der Waals surface area contributed by atoms with Gasteiger partial charge in [-0.1, -0.05) is 6.07 Å². The summed E-state index contributed by atoms with van der Waals surface area (Å²) in [6, 6.07) is 5.66. The highest BCUT2D eigenvalue weighted by Gasteiger charge is 2.11. The summed E-state index contributed by atoms with van der Waals surface area (Å²) in [5.41, 5.74) is 1.53. The number of carbonyl (C=O) groups is 2. The summed E-state index contributed by atoms with van der Waals surface area (Å²) in [7, 11) is 0. The van der Waals surface area contributed by atoms with E-state index in [1.807, 2.05) is 41.9 Å². The van der Waals surface area contributed by atoms with Gasteiger partial charge in [-0.3, -0.25) is 9.59 Å². The van der Waals surface area contributed by atoms with Crippen LogP contribution in [0.5, 0.6) is 0 Å². The van der Waals surface area contributed by atoms with Gasteiger partial charge in [-0.25, -0.2) is 4.98 Å². The van der Waals surface area contributed by atoms with Gasteiger partial charge in [-0.05, 0) is 31.9 Å². The standard InChI is InChI=1S/C15H19N3O3/c1-11(5-4-7-15(20)21)16-14(19)9-12-10-18-8-3-2-6-13(18)17-12/h2-3,6,8,10-11H,4-5,7,9H2,1H3,(H,16,19)(H,20,21). The number of nitrogens with one attached hydrogen (secondary N) is 1. The molecule has 0 fully saturated rings. The molecule has 2 rings (SSSR count). The number of fused-ring (bicyclic) bond motifs is 1. The maximum Gasteiger partial charge on any atom is 0.303 e. The van der Waals surface area contributed by atoms with Crippen molar-refractivity contribution >= 4 is 17.5 Å². The number of hydrogen-bond donors (Lipinski definition) is 2. The van der Waals surface area contributed by atoms with Crippen LogP contribution in [0.2, 0.25) is 0 Å². The molecule has 0 radical (unpaired) electrons. The maximum absolute atomic E-state index is 11.9. The van der Waals surface area contributed by atoms with Gasteiger partial charge in [0.2, 0.25) is 5.91 Å². The zero-order chi connectivity index (χ0) is 15.2. The number of aliphatic carboxylic acids is 1. The molecule has 0 saturated carbocycles. The third-order valence-electron chi connectivity index (χ3n) is 3.19. The molecule has 2 heterocycles. The molecule has 6 heteroatoms.